The molecular weight excluding hydrogens is 216 g/mol. The van der Waals surface area contributed by atoms with Crippen molar-refractivity contribution in [1.29, 1.82) is 0 Å². The first-order valence-electron chi connectivity index (χ1n) is 6.07. The first-order valence-corrected chi connectivity index (χ1v) is 6.07. The van der Waals surface area contributed by atoms with Crippen LogP contribution in [0.25, 0.3) is 0 Å². The number of nitrogens with two attached hydrogens (primary N) is 1. The van der Waals surface area contributed by atoms with Gasteiger partial charge in [-0.1, -0.05) is 31.4 Å². The highest BCUT2D eigenvalue weighted by Gasteiger charge is 2.30. The number of nitrogens with zero attached hydrogens (tertiary/aromatic N) is 1. The minimum absolute atomic E-state index is 0.179. The van der Waals surface area contributed by atoms with Gasteiger partial charge in [0.15, 0.2) is 0 Å². The lowest BCUT2D eigenvalue weighted by Crippen LogP contribution is -2.38. The van der Waals surface area contributed by atoms with E-state index in [1.165, 1.54) is 6.42 Å². The first-order chi connectivity index (χ1) is 8.03. The van der Waals surface area contributed by atoms with Crippen LogP contribution in [0.15, 0.2) is 18.2 Å². The van der Waals surface area contributed by atoms with Crippen molar-refractivity contribution in [3.63, 3.8) is 0 Å². The van der Waals surface area contributed by atoms with E-state index in [-0.39, 0.29) is 16.1 Å². The fourth-order valence-electron chi connectivity index (χ4n) is 2.59. The Morgan fingerprint density at radius 2 is 1.94 bits per heavy atom. The van der Waals surface area contributed by atoms with Crippen LogP contribution in [0, 0.1) is 17.0 Å². The van der Waals surface area contributed by atoms with Gasteiger partial charge in [-0.2, -0.15) is 0 Å². The molecule has 0 radical (unpaired) electrons. The average Bonchev–Trinajstić information content (AvgIpc) is 2.30. The second-order valence-electron chi connectivity index (χ2n) is 4.98. The lowest BCUT2D eigenvalue weighted by atomic mass is 9.77. The number of rotatable bonds is 2. The molecule has 2 N–H and O–H groups in total. The summed E-state index contributed by atoms with van der Waals surface area (Å²) in [6.45, 7) is 1.76. The number of hydrogen-bond acceptors (Lipinski definition) is 3. The van der Waals surface area contributed by atoms with Gasteiger partial charge in [0.1, 0.15) is 0 Å². The normalized spacial score (nSPS) is 18.9. The molecule has 0 aromatic heterocycles. The van der Waals surface area contributed by atoms with E-state index < -0.39 is 0 Å². The lowest BCUT2D eigenvalue weighted by molar-refractivity contribution is -0.385. The van der Waals surface area contributed by atoms with Crippen molar-refractivity contribution in [3.8, 4) is 0 Å². The molecule has 0 amide bonds. The molecule has 0 unspecified atom stereocenters. The van der Waals surface area contributed by atoms with E-state index >= 15 is 0 Å². The van der Waals surface area contributed by atoms with Crippen LogP contribution < -0.4 is 5.73 Å². The zero-order valence-corrected chi connectivity index (χ0v) is 10.1. The smallest absolute Gasteiger partial charge is 0.272 e. The monoisotopic (exact) mass is 234 g/mol. The zero-order chi connectivity index (χ0) is 12.5. The molecule has 2 rings (SSSR count). The molecule has 1 saturated carbocycles. The Morgan fingerprint density at radius 1 is 1.29 bits per heavy atom. The molecule has 4 heteroatoms. The van der Waals surface area contributed by atoms with Gasteiger partial charge in [0, 0.05) is 17.2 Å². The van der Waals surface area contributed by atoms with Crippen molar-refractivity contribution in [2.45, 2.75) is 44.6 Å². The zero-order valence-electron chi connectivity index (χ0n) is 10.1. The van der Waals surface area contributed by atoms with E-state index in [4.69, 9.17) is 5.73 Å². The number of nitro groups is 1. The summed E-state index contributed by atoms with van der Waals surface area (Å²) in [5.41, 5.74) is 7.80. The van der Waals surface area contributed by atoms with Crippen LogP contribution in [0.4, 0.5) is 5.69 Å². The van der Waals surface area contributed by atoms with Crippen LogP contribution in [0.3, 0.4) is 0 Å². The van der Waals surface area contributed by atoms with Gasteiger partial charge in [0.05, 0.1) is 4.92 Å². The molecule has 4 nitrogen and oxygen atoms in total. The average molecular weight is 234 g/mol. The molecule has 1 aliphatic carbocycles. The SMILES string of the molecule is Cc1ccc(C2(N)CCCCC2)cc1[N+](=O)[O-]. The second kappa shape index (κ2) is 4.45. The van der Waals surface area contributed by atoms with Gasteiger partial charge in [-0.05, 0) is 25.3 Å². The Labute approximate surface area is 101 Å². The summed E-state index contributed by atoms with van der Waals surface area (Å²) in [6, 6.07) is 5.39. The van der Waals surface area contributed by atoms with E-state index in [2.05, 4.69) is 0 Å². The lowest BCUT2D eigenvalue weighted by Gasteiger charge is -2.33. The van der Waals surface area contributed by atoms with Gasteiger partial charge in [0.25, 0.3) is 5.69 Å². The molecule has 1 aliphatic rings. The Kier molecular flexibility index (Phi) is 3.15. The maximum atomic E-state index is 10.9. The van der Waals surface area contributed by atoms with Crippen LogP contribution in [0.2, 0.25) is 0 Å². The summed E-state index contributed by atoms with van der Waals surface area (Å²) in [6.07, 6.45) is 5.28. The summed E-state index contributed by atoms with van der Waals surface area (Å²) >= 11 is 0. The molecule has 0 spiro atoms. The van der Waals surface area contributed by atoms with E-state index in [0.29, 0.717) is 5.56 Å². The number of hydrogen-bond donors (Lipinski definition) is 1. The summed E-state index contributed by atoms with van der Waals surface area (Å²) in [4.78, 5) is 10.6. The fraction of sp³-hybridized carbons (Fsp3) is 0.538. The molecule has 1 fully saturated rings. The minimum atomic E-state index is -0.364. The molecule has 1 aromatic carbocycles. The van der Waals surface area contributed by atoms with Crippen molar-refractivity contribution >= 4 is 5.69 Å². The standard InChI is InChI=1S/C13H18N2O2/c1-10-5-6-11(9-12(10)15(16)17)13(14)7-3-2-4-8-13/h5-6,9H,2-4,7-8,14H2,1H3. The van der Waals surface area contributed by atoms with Gasteiger partial charge in [-0.15, -0.1) is 0 Å². The third-order valence-electron chi connectivity index (χ3n) is 3.73. The van der Waals surface area contributed by atoms with Gasteiger partial charge in [-0.25, -0.2) is 0 Å². The van der Waals surface area contributed by atoms with Crippen molar-refractivity contribution in [3.05, 3.63) is 39.4 Å². The molecule has 17 heavy (non-hydrogen) atoms. The first kappa shape index (κ1) is 12.0. The van der Waals surface area contributed by atoms with Crippen LogP contribution in [-0.2, 0) is 5.54 Å². The summed E-state index contributed by atoms with van der Waals surface area (Å²) < 4.78 is 0. The second-order valence-corrected chi connectivity index (χ2v) is 4.98. The van der Waals surface area contributed by atoms with Crippen LogP contribution in [-0.4, -0.2) is 4.92 Å². The predicted octanol–water partition coefficient (Wildman–Crippen LogP) is 3.02. The molecule has 0 atom stereocenters. The Balaban J connectivity index is 2.38. The quantitative estimate of drug-likeness (QED) is 0.631. The molecular formula is C13H18N2O2. The third kappa shape index (κ3) is 2.31. The molecule has 0 heterocycles. The van der Waals surface area contributed by atoms with Gasteiger partial charge < -0.3 is 5.73 Å². The Hall–Kier alpha value is -1.42. The Bertz CT molecular complexity index is 437. The molecule has 0 bridgehead atoms. The van der Waals surface area contributed by atoms with Crippen molar-refractivity contribution in [1.82, 2.24) is 0 Å². The summed E-state index contributed by atoms with van der Waals surface area (Å²) in [7, 11) is 0. The van der Waals surface area contributed by atoms with Gasteiger partial charge in [-0.3, -0.25) is 10.1 Å². The molecule has 92 valence electrons. The highest BCUT2D eigenvalue weighted by molar-refractivity contribution is 5.44. The van der Waals surface area contributed by atoms with Crippen LogP contribution in [0.5, 0.6) is 0 Å². The van der Waals surface area contributed by atoms with Crippen LogP contribution in [0.1, 0.15) is 43.2 Å². The van der Waals surface area contributed by atoms with E-state index in [1.54, 1.807) is 19.1 Å². The number of aryl methyl sites for hydroxylation is 1. The van der Waals surface area contributed by atoms with E-state index in [1.807, 2.05) is 6.07 Å². The van der Waals surface area contributed by atoms with Gasteiger partial charge >= 0.3 is 0 Å². The molecule has 1 aromatic rings. The summed E-state index contributed by atoms with van der Waals surface area (Å²) in [5, 5.41) is 10.9. The fourth-order valence-corrected chi connectivity index (χ4v) is 2.59. The number of benzene rings is 1. The van der Waals surface area contributed by atoms with Crippen molar-refractivity contribution in [2.75, 3.05) is 0 Å². The minimum Gasteiger partial charge on any atom is -0.321 e. The van der Waals surface area contributed by atoms with Gasteiger partial charge in [0.2, 0.25) is 0 Å². The topological polar surface area (TPSA) is 69.2 Å². The molecule has 0 aliphatic heterocycles. The number of nitro benzene ring substituents is 1. The highest BCUT2D eigenvalue weighted by Crippen LogP contribution is 2.36. The van der Waals surface area contributed by atoms with Crippen LogP contribution >= 0.6 is 0 Å². The highest BCUT2D eigenvalue weighted by atomic mass is 16.6. The maximum Gasteiger partial charge on any atom is 0.272 e. The third-order valence-corrected chi connectivity index (χ3v) is 3.73. The summed E-state index contributed by atoms with van der Waals surface area (Å²) in [5.74, 6) is 0. The largest absolute Gasteiger partial charge is 0.321 e. The molecule has 0 saturated heterocycles. The van der Waals surface area contributed by atoms with E-state index in [9.17, 15) is 10.1 Å². The predicted molar refractivity (Wildman–Crippen MR) is 66.8 cm³/mol. The van der Waals surface area contributed by atoms with Crippen molar-refractivity contribution in [2.24, 2.45) is 5.73 Å². The Morgan fingerprint density at radius 3 is 2.53 bits per heavy atom. The van der Waals surface area contributed by atoms with E-state index in [0.717, 1.165) is 31.2 Å². The maximum absolute atomic E-state index is 10.9. The van der Waals surface area contributed by atoms with Crippen molar-refractivity contribution < 1.29 is 4.92 Å².